The molecule has 0 radical (unpaired) electrons. The summed E-state index contributed by atoms with van der Waals surface area (Å²) in [5, 5.41) is 13.4. The van der Waals surface area contributed by atoms with Gasteiger partial charge in [-0.1, -0.05) is 0 Å². The highest BCUT2D eigenvalue weighted by Crippen LogP contribution is 2.15. The Kier molecular flexibility index (Phi) is 1.97. The van der Waals surface area contributed by atoms with Crippen molar-refractivity contribution >= 4 is 11.8 Å². The second-order valence-corrected chi connectivity index (χ2v) is 2.63. The molecular formula is C6H7N3S. The average Bonchev–Trinajstić information content (AvgIpc) is 2.30. The van der Waals surface area contributed by atoms with Crippen LogP contribution in [0.4, 0.5) is 0 Å². The molecule has 0 aliphatic carbocycles. The molecule has 3 nitrogen and oxygen atoms in total. The maximum Gasteiger partial charge on any atom is 0.136 e. The van der Waals surface area contributed by atoms with Crippen LogP contribution in [-0.2, 0) is 7.05 Å². The SMILES string of the molecule is CSc1nn(C)cc1C#N. The lowest BCUT2D eigenvalue weighted by molar-refractivity contribution is 0.738. The van der Waals surface area contributed by atoms with Gasteiger partial charge in [-0.2, -0.15) is 10.4 Å². The van der Waals surface area contributed by atoms with Gasteiger partial charge in [-0.05, 0) is 6.26 Å². The summed E-state index contributed by atoms with van der Waals surface area (Å²) in [5.41, 5.74) is 0.648. The first-order valence-corrected chi connectivity index (χ1v) is 3.98. The summed E-state index contributed by atoms with van der Waals surface area (Å²) in [6.07, 6.45) is 3.62. The minimum absolute atomic E-state index is 0.648. The van der Waals surface area contributed by atoms with E-state index in [4.69, 9.17) is 5.26 Å². The van der Waals surface area contributed by atoms with Crippen molar-refractivity contribution in [3.05, 3.63) is 11.8 Å². The summed E-state index contributed by atoms with van der Waals surface area (Å²) in [5.74, 6) is 0. The van der Waals surface area contributed by atoms with Gasteiger partial charge in [0.05, 0.1) is 0 Å². The van der Waals surface area contributed by atoms with Crippen LogP contribution in [0.2, 0.25) is 0 Å². The van der Waals surface area contributed by atoms with Gasteiger partial charge in [0.15, 0.2) is 0 Å². The average molecular weight is 153 g/mol. The van der Waals surface area contributed by atoms with E-state index in [-0.39, 0.29) is 0 Å². The van der Waals surface area contributed by atoms with E-state index in [0.29, 0.717) is 5.56 Å². The van der Waals surface area contributed by atoms with Gasteiger partial charge >= 0.3 is 0 Å². The zero-order chi connectivity index (χ0) is 7.56. The van der Waals surface area contributed by atoms with E-state index in [1.807, 2.05) is 6.26 Å². The molecule has 0 spiro atoms. The summed E-state index contributed by atoms with van der Waals surface area (Å²) < 4.78 is 1.64. The second-order valence-electron chi connectivity index (χ2n) is 1.84. The number of rotatable bonds is 1. The van der Waals surface area contributed by atoms with E-state index in [1.54, 1.807) is 17.9 Å². The van der Waals surface area contributed by atoms with E-state index in [1.165, 1.54) is 11.8 Å². The zero-order valence-corrected chi connectivity index (χ0v) is 6.64. The standard InChI is InChI=1S/C6H7N3S/c1-9-4-5(3-7)6(8-9)10-2/h4H,1-2H3. The van der Waals surface area contributed by atoms with Gasteiger partial charge in [-0.25, -0.2) is 0 Å². The molecule has 52 valence electrons. The van der Waals surface area contributed by atoms with E-state index >= 15 is 0 Å². The number of nitrogens with zero attached hydrogens (tertiary/aromatic N) is 3. The molecule has 0 saturated carbocycles. The fourth-order valence-electron chi connectivity index (χ4n) is 0.696. The molecule has 1 rings (SSSR count). The molecule has 0 aliphatic heterocycles. The van der Waals surface area contributed by atoms with Crippen LogP contribution in [-0.4, -0.2) is 16.0 Å². The summed E-state index contributed by atoms with van der Waals surface area (Å²) in [4.78, 5) is 0. The first-order chi connectivity index (χ1) is 4.77. The topological polar surface area (TPSA) is 41.6 Å². The molecule has 0 amide bonds. The van der Waals surface area contributed by atoms with Gasteiger partial charge in [-0.15, -0.1) is 11.8 Å². The Balaban J connectivity index is 3.12. The third kappa shape index (κ3) is 1.14. The molecule has 10 heavy (non-hydrogen) atoms. The molecule has 0 atom stereocenters. The van der Waals surface area contributed by atoms with Gasteiger partial charge in [-0.3, -0.25) is 4.68 Å². The Labute approximate surface area is 63.6 Å². The Morgan fingerprint density at radius 1 is 1.80 bits per heavy atom. The first kappa shape index (κ1) is 7.16. The van der Waals surface area contributed by atoms with Crippen LogP contribution in [0.5, 0.6) is 0 Å². The molecule has 0 N–H and O–H groups in total. The predicted molar refractivity (Wildman–Crippen MR) is 39.7 cm³/mol. The summed E-state index contributed by atoms with van der Waals surface area (Å²) in [7, 11) is 1.81. The number of hydrogen-bond donors (Lipinski definition) is 0. The molecule has 4 heteroatoms. The molecule has 1 aromatic rings. The molecule has 0 saturated heterocycles. The largest absolute Gasteiger partial charge is 0.273 e. The highest BCUT2D eigenvalue weighted by molar-refractivity contribution is 7.98. The first-order valence-electron chi connectivity index (χ1n) is 2.75. The quantitative estimate of drug-likeness (QED) is 0.565. The summed E-state index contributed by atoms with van der Waals surface area (Å²) in [6.45, 7) is 0. The van der Waals surface area contributed by atoms with Crippen molar-refractivity contribution in [1.29, 1.82) is 5.26 Å². The number of aryl methyl sites for hydroxylation is 1. The molecule has 0 fully saturated rings. The molecule has 0 aliphatic rings. The Bertz CT molecular complexity index is 271. The van der Waals surface area contributed by atoms with Crippen molar-refractivity contribution in [1.82, 2.24) is 9.78 Å². The van der Waals surface area contributed by atoms with Crippen LogP contribution in [0.1, 0.15) is 5.56 Å². The highest BCUT2D eigenvalue weighted by Gasteiger charge is 2.03. The number of aromatic nitrogens is 2. The zero-order valence-electron chi connectivity index (χ0n) is 5.83. The Hall–Kier alpha value is -0.950. The van der Waals surface area contributed by atoms with E-state index < -0.39 is 0 Å². The Morgan fingerprint density at radius 2 is 2.50 bits per heavy atom. The summed E-state index contributed by atoms with van der Waals surface area (Å²) >= 11 is 1.49. The maximum atomic E-state index is 8.55. The Morgan fingerprint density at radius 3 is 2.90 bits per heavy atom. The molecule has 1 aromatic heterocycles. The molecular weight excluding hydrogens is 146 g/mol. The highest BCUT2D eigenvalue weighted by atomic mass is 32.2. The second kappa shape index (κ2) is 2.76. The number of thioether (sulfide) groups is 1. The minimum atomic E-state index is 0.648. The smallest absolute Gasteiger partial charge is 0.136 e. The van der Waals surface area contributed by atoms with E-state index in [0.717, 1.165) is 5.03 Å². The van der Waals surface area contributed by atoms with Gasteiger partial charge < -0.3 is 0 Å². The van der Waals surface area contributed by atoms with Crippen molar-refractivity contribution in [2.45, 2.75) is 5.03 Å². The molecule has 0 unspecified atom stereocenters. The van der Waals surface area contributed by atoms with Gasteiger partial charge in [0.2, 0.25) is 0 Å². The van der Waals surface area contributed by atoms with Gasteiger partial charge in [0, 0.05) is 13.2 Å². The molecule has 1 heterocycles. The van der Waals surface area contributed by atoms with Crippen LogP contribution >= 0.6 is 11.8 Å². The monoisotopic (exact) mass is 153 g/mol. The van der Waals surface area contributed by atoms with Gasteiger partial charge in [0.1, 0.15) is 16.7 Å². The van der Waals surface area contributed by atoms with Crippen LogP contribution in [0.25, 0.3) is 0 Å². The fourth-order valence-corrected chi connectivity index (χ4v) is 1.22. The van der Waals surface area contributed by atoms with Crippen molar-refractivity contribution in [2.24, 2.45) is 7.05 Å². The third-order valence-corrected chi connectivity index (χ3v) is 1.80. The van der Waals surface area contributed by atoms with Crippen molar-refractivity contribution in [3.8, 4) is 6.07 Å². The minimum Gasteiger partial charge on any atom is -0.273 e. The van der Waals surface area contributed by atoms with Crippen molar-refractivity contribution in [2.75, 3.05) is 6.26 Å². The van der Waals surface area contributed by atoms with E-state index in [2.05, 4.69) is 11.2 Å². The predicted octanol–water partition coefficient (Wildman–Crippen LogP) is 1.01. The fraction of sp³-hybridized carbons (Fsp3) is 0.333. The number of nitriles is 1. The van der Waals surface area contributed by atoms with Crippen LogP contribution in [0.3, 0.4) is 0 Å². The molecule has 0 aromatic carbocycles. The van der Waals surface area contributed by atoms with Crippen LogP contribution in [0.15, 0.2) is 11.2 Å². The van der Waals surface area contributed by atoms with E-state index in [9.17, 15) is 0 Å². The van der Waals surface area contributed by atoms with Crippen molar-refractivity contribution in [3.63, 3.8) is 0 Å². The lowest BCUT2D eigenvalue weighted by Gasteiger charge is -1.84. The van der Waals surface area contributed by atoms with Gasteiger partial charge in [0.25, 0.3) is 0 Å². The lowest BCUT2D eigenvalue weighted by Crippen LogP contribution is -1.85. The maximum absolute atomic E-state index is 8.55. The molecule has 0 bridgehead atoms. The third-order valence-electron chi connectivity index (χ3n) is 1.11. The normalized spacial score (nSPS) is 9.30. The van der Waals surface area contributed by atoms with Crippen LogP contribution in [0, 0.1) is 11.3 Å². The summed E-state index contributed by atoms with van der Waals surface area (Å²) in [6, 6.07) is 2.06. The van der Waals surface area contributed by atoms with Crippen LogP contribution < -0.4 is 0 Å². The number of hydrogen-bond acceptors (Lipinski definition) is 3. The van der Waals surface area contributed by atoms with Crippen molar-refractivity contribution < 1.29 is 0 Å². The lowest BCUT2D eigenvalue weighted by atomic mass is 10.4.